The third kappa shape index (κ3) is 5.75. The fourth-order valence-corrected chi connectivity index (χ4v) is 15.8. The van der Waals surface area contributed by atoms with Gasteiger partial charge in [0.15, 0.2) is 9.84 Å². The van der Waals surface area contributed by atoms with Crippen LogP contribution in [-0.4, -0.2) is 56.5 Å². The zero-order valence-electron chi connectivity index (χ0n) is 32.0. The van der Waals surface area contributed by atoms with Crippen LogP contribution in [0.15, 0.2) is 36.4 Å². The number of benzene rings is 1. The number of nitrogen functional groups attached to an aromatic ring is 1. The van der Waals surface area contributed by atoms with E-state index in [1.54, 1.807) is 0 Å². The molecule has 6 fully saturated rings. The van der Waals surface area contributed by atoms with Crippen molar-refractivity contribution in [2.24, 2.45) is 51.2 Å². The lowest BCUT2D eigenvalue weighted by Gasteiger charge is -2.73. The normalized spacial score (nSPS) is 42.8. The molecule has 1 unspecified atom stereocenters. The molecule has 4 saturated carbocycles. The van der Waals surface area contributed by atoms with Gasteiger partial charge in [-0.2, -0.15) is 0 Å². The summed E-state index contributed by atoms with van der Waals surface area (Å²) >= 11 is 0. The molecule has 0 aromatic heterocycles. The highest BCUT2D eigenvalue weighted by atomic mass is 32.2. The largest absolute Gasteiger partial charge is 0.399 e. The second kappa shape index (κ2) is 12.6. The predicted octanol–water partition coefficient (Wildman–Crippen LogP) is 9.39. The minimum absolute atomic E-state index is 0.117. The molecule has 5 nitrogen and oxygen atoms in total. The fraction of sp³-hybridized carbons (Fsp3) is 0.814. The number of anilines is 2. The smallest absolute Gasteiger partial charge is 0.152 e. The highest BCUT2D eigenvalue weighted by Gasteiger charge is 2.70. The number of piperidine rings is 1. The molecule has 2 aliphatic heterocycles. The van der Waals surface area contributed by atoms with Gasteiger partial charge in [-0.1, -0.05) is 45.8 Å². The van der Waals surface area contributed by atoms with Gasteiger partial charge in [0.2, 0.25) is 0 Å². The van der Waals surface area contributed by atoms with Gasteiger partial charge >= 0.3 is 0 Å². The van der Waals surface area contributed by atoms with E-state index in [0.29, 0.717) is 45.0 Å². The number of unbranched alkanes of at least 4 members (excludes halogenated alkanes) is 2. The maximum atomic E-state index is 11.9. The number of fused-ring (bicyclic) bond motifs is 7. The molecule has 0 amide bonds. The number of allylic oxidation sites excluding steroid dienone is 1. The number of nitrogens with two attached hydrogens (primary N) is 1. The number of rotatable bonds is 8. The first-order valence-corrected chi connectivity index (χ1v) is 22.1. The van der Waals surface area contributed by atoms with Crippen molar-refractivity contribution in [3.8, 4) is 0 Å². The van der Waals surface area contributed by atoms with E-state index in [1.165, 1.54) is 94.7 Å². The summed E-state index contributed by atoms with van der Waals surface area (Å²) in [6, 6.07) is 8.65. The Morgan fingerprint density at radius 1 is 0.816 bits per heavy atom. The van der Waals surface area contributed by atoms with Crippen LogP contribution in [0.4, 0.5) is 11.4 Å². The van der Waals surface area contributed by atoms with Gasteiger partial charge in [0.1, 0.15) is 0 Å². The van der Waals surface area contributed by atoms with Crippen molar-refractivity contribution in [1.29, 1.82) is 0 Å². The number of hydrogen-bond acceptors (Lipinski definition) is 5. The summed E-state index contributed by atoms with van der Waals surface area (Å²) in [5, 5.41) is 0. The highest BCUT2D eigenvalue weighted by molar-refractivity contribution is 7.91. The van der Waals surface area contributed by atoms with Gasteiger partial charge in [-0.15, -0.1) is 0 Å². The molecule has 1 aromatic carbocycles. The SMILES string of the molecule is C=C(C)[C@@H]1CCC2(CCCCCN3CCS(=O)(=O)CC3)CC[C@]3(C)[C@H](CC[C@@H]4[C@@]5(C)CCN(c6ccc(N)cc6)C(C)(C)[C@@H]5CC[C@]43C)[C@@H]12. The molecular formula is C43H69N3O2S. The molecule has 1 aromatic rings. The molecule has 4 aliphatic carbocycles. The van der Waals surface area contributed by atoms with E-state index >= 15 is 0 Å². The van der Waals surface area contributed by atoms with E-state index < -0.39 is 9.84 Å². The van der Waals surface area contributed by atoms with E-state index in [9.17, 15) is 8.42 Å². The van der Waals surface area contributed by atoms with Crippen molar-refractivity contribution in [2.75, 3.05) is 48.3 Å². The monoisotopic (exact) mass is 692 g/mol. The maximum absolute atomic E-state index is 11.9. The Bertz CT molecular complexity index is 1490. The van der Waals surface area contributed by atoms with Crippen molar-refractivity contribution in [3.63, 3.8) is 0 Å². The Morgan fingerprint density at radius 3 is 2.22 bits per heavy atom. The van der Waals surface area contributed by atoms with Crippen LogP contribution < -0.4 is 10.6 Å². The van der Waals surface area contributed by atoms with Crippen LogP contribution in [0.3, 0.4) is 0 Å². The number of hydrogen-bond donors (Lipinski definition) is 1. The van der Waals surface area contributed by atoms with Crippen LogP contribution in [0.25, 0.3) is 0 Å². The van der Waals surface area contributed by atoms with Gasteiger partial charge in [0.05, 0.1) is 11.5 Å². The van der Waals surface area contributed by atoms with Gasteiger partial charge in [-0.3, -0.25) is 0 Å². The molecular weight excluding hydrogens is 623 g/mol. The summed E-state index contributed by atoms with van der Waals surface area (Å²) in [6.07, 6.45) is 17.6. The first kappa shape index (κ1) is 35.9. The van der Waals surface area contributed by atoms with Gasteiger partial charge in [-0.25, -0.2) is 8.42 Å². The van der Waals surface area contributed by atoms with E-state index in [4.69, 9.17) is 5.73 Å². The third-order valence-corrected chi connectivity index (χ3v) is 18.8. The van der Waals surface area contributed by atoms with Crippen molar-refractivity contribution < 1.29 is 8.42 Å². The molecule has 2 heterocycles. The molecule has 2 N–H and O–H groups in total. The maximum Gasteiger partial charge on any atom is 0.152 e. The predicted molar refractivity (Wildman–Crippen MR) is 206 cm³/mol. The van der Waals surface area contributed by atoms with Gasteiger partial charge in [0.25, 0.3) is 0 Å². The minimum Gasteiger partial charge on any atom is -0.399 e. The third-order valence-electron chi connectivity index (χ3n) is 17.2. The summed E-state index contributed by atoms with van der Waals surface area (Å²) in [6.45, 7) is 24.1. The molecule has 2 saturated heterocycles. The second-order valence-corrected chi connectivity index (χ2v) is 21.8. The lowest BCUT2D eigenvalue weighted by atomic mass is 9.33. The standard InChI is InChI=1S/C43H69N3O2S/c1-31(2)34-17-21-43(19-9-8-10-25-45-27-29-49(47,48)30-28-45)23-22-41(6)35(38(34)43)15-16-37-40(5)24-26-46(33-13-11-32(44)12-14-33)39(3,4)36(40)18-20-42(37,41)7/h11-14,34-38H,1,8-10,15-30,44H2,2-7H3/t34-,35+,36-,37+,38+,40-,41+,42+,43?/m0/s1. The highest BCUT2D eigenvalue weighted by Crippen LogP contribution is 2.77. The fourth-order valence-electron chi connectivity index (χ4n) is 14.5. The molecule has 0 radical (unpaired) electrons. The van der Waals surface area contributed by atoms with Gasteiger partial charge < -0.3 is 15.5 Å². The van der Waals surface area contributed by atoms with E-state index in [-0.39, 0.29) is 5.54 Å². The van der Waals surface area contributed by atoms with Gasteiger partial charge in [-0.05, 0) is 173 Å². The Hall–Kier alpha value is -1.53. The van der Waals surface area contributed by atoms with E-state index in [2.05, 4.69) is 82.2 Å². The summed E-state index contributed by atoms with van der Waals surface area (Å²) in [5.74, 6) is 4.47. The Kier molecular flexibility index (Phi) is 9.19. The molecule has 6 aliphatic rings. The average molecular weight is 692 g/mol. The number of sulfone groups is 1. The molecule has 49 heavy (non-hydrogen) atoms. The minimum atomic E-state index is -2.80. The van der Waals surface area contributed by atoms with E-state index in [1.807, 2.05) is 0 Å². The van der Waals surface area contributed by atoms with E-state index in [0.717, 1.165) is 49.6 Å². The van der Waals surface area contributed by atoms with Crippen molar-refractivity contribution in [2.45, 2.75) is 131 Å². The molecule has 0 spiro atoms. The molecule has 0 bridgehead atoms. The van der Waals surface area contributed by atoms with Crippen LogP contribution in [-0.2, 0) is 9.84 Å². The molecule has 6 heteroatoms. The number of nitrogens with zero attached hydrogens (tertiary/aromatic N) is 2. The van der Waals surface area contributed by atoms with Gasteiger partial charge in [0, 0.05) is 36.5 Å². The second-order valence-electron chi connectivity index (χ2n) is 19.5. The molecule has 7 rings (SSSR count). The van der Waals surface area contributed by atoms with Crippen LogP contribution in [0.1, 0.15) is 125 Å². The van der Waals surface area contributed by atoms with Crippen molar-refractivity contribution in [1.82, 2.24) is 4.90 Å². The summed E-state index contributed by atoms with van der Waals surface area (Å²) in [7, 11) is -2.80. The van der Waals surface area contributed by atoms with Crippen molar-refractivity contribution >= 4 is 21.2 Å². The first-order valence-electron chi connectivity index (χ1n) is 20.3. The Morgan fingerprint density at radius 2 is 1.53 bits per heavy atom. The van der Waals surface area contributed by atoms with Crippen LogP contribution >= 0.6 is 0 Å². The zero-order chi connectivity index (χ0) is 35.0. The van der Waals surface area contributed by atoms with Crippen LogP contribution in [0.5, 0.6) is 0 Å². The summed E-state index contributed by atoms with van der Waals surface area (Å²) < 4.78 is 23.8. The average Bonchev–Trinajstić information content (AvgIpc) is 3.42. The Balaban J connectivity index is 1.08. The topological polar surface area (TPSA) is 66.6 Å². The molecule has 9 atom stereocenters. The lowest BCUT2D eigenvalue weighted by Crippen LogP contribution is -2.69. The van der Waals surface area contributed by atoms with Crippen molar-refractivity contribution in [3.05, 3.63) is 36.4 Å². The van der Waals surface area contributed by atoms with Crippen LogP contribution in [0.2, 0.25) is 0 Å². The summed E-state index contributed by atoms with van der Waals surface area (Å²) in [5.41, 5.74) is 11.5. The first-order chi connectivity index (χ1) is 23.1. The zero-order valence-corrected chi connectivity index (χ0v) is 32.9. The Labute approximate surface area is 300 Å². The van der Waals surface area contributed by atoms with Crippen LogP contribution in [0, 0.1) is 51.2 Å². The quantitative estimate of drug-likeness (QED) is 0.167. The lowest BCUT2D eigenvalue weighted by molar-refractivity contribution is -0.228. The molecule has 274 valence electrons. The summed E-state index contributed by atoms with van der Waals surface area (Å²) in [4.78, 5) is 5.11.